The highest BCUT2D eigenvalue weighted by Crippen LogP contribution is 2.30. The van der Waals surface area contributed by atoms with E-state index in [1.165, 1.54) is 0 Å². The van der Waals surface area contributed by atoms with E-state index in [1.807, 2.05) is 43.3 Å². The highest BCUT2D eigenvalue weighted by molar-refractivity contribution is 9.10. The third-order valence-electron chi connectivity index (χ3n) is 4.51. The Bertz CT molecular complexity index is 1220. The van der Waals surface area contributed by atoms with Crippen molar-refractivity contribution in [2.75, 3.05) is 6.61 Å². The van der Waals surface area contributed by atoms with E-state index < -0.39 is 0 Å². The molecule has 1 heterocycles. The van der Waals surface area contributed by atoms with Crippen LogP contribution in [0.25, 0.3) is 21.7 Å². The van der Waals surface area contributed by atoms with Crippen molar-refractivity contribution < 1.29 is 13.9 Å². The van der Waals surface area contributed by atoms with Gasteiger partial charge < -0.3 is 9.15 Å². The van der Waals surface area contributed by atoms with Gasteiger partial charge in [-0.15, -0.1) is 0 Å². The minimum absolute atomic E-state index is 0.0915. The predicted molar refractivity (Wildman–Crippen MR) is 109 cm³/mol. The van der Waals surface area contributed by atoms with E-state index in [4.69, 9.17) is 9.15 Å². The Kier molecular flexibility index (Phi) is 4.54. The first-order chi connectivity index (χ1) is 13.0. The Morgan fingerprint density at radius 2 is 1.67 bits per heavy atom. The molecule has 134 valence electrons. The summed E-state index contributed by atoms with van der Waals surface area (Å²) in [5.41, 5.74) is 1.37. The lowest BCUT2D eigenvalue weighted by molar-refractivity contribution is 0.0921. The number of rotatable bonds is 4. The number of fused-ring (bicyclic) bond motifs is 3. The van der Waals surface area contributed by atoms with Crippen molar-refractivity contribution >= 4 is 43.5 Å². The summed E-state index contributed by atoms with van der Waals surface area (Å²) < 4.78 is 12.2. The second-order valence-electron chi connectivity index (χ2n) is 6.22. The smallest absolute Gasteiger partial charge is 0.344 e. The highest BCUT2D eigenvalue weighted by atomic mass is 79.9. The maximum Gasteiger partial charge on any atom is 0.344 e. The molecule has 5 heteroatoms. The van der Waals surface area contributed by atoms with Gasteiger partial charge in [-0.1, -0.05) is 46.3 Å². The molecule has 0 atom stereocenters. The van der Waals surface area contributed by atoms with Crippen LogP contribution in [0.1, 0.15) is 15.9 Å². The van der Waals surface area contributed by atoms with Gasteiger partial charge in [0.2, 0.25) is 0 Å². The largest absolute Gasteiger partial charge is 0.485 e. The molecule has 4 rings (SSSR count). The molecule has 0 saturated heterocycles. The monoisotopic (exact) mass is 422 g/mol. The van der Waals surface area contributed by atoms with Gasteiger partial charge in [0, 0.05) is 21.0 Å². The van der Waals surface area contributed by atoms with Crippen molar-refractivity contribution in [1.29, 1.82) is 0 Å². The number of ketones is 1. The Balaban J connectivity index is 1.68. The van der Waals surface area contributed by atoms with E-state index in [0.29, 0.717) is 27.8 Å². The van der Waals surface area contributed by atoms with Crippen molar-refractivity contribution in [3.63, 3.8) is 0 Å². The molecular weight excluding hydrogens is 408 g/mol. The summed E-state index contributed by atoms with van der Waals surface area (Å²) in [6.07, 6.45) is 0. The maximum absolute atomic E-state index is 12.3. The lowest BCUT2D eigenvalue weighted by Gasteiger charge is -2.11. The average molecular weight is 423 g/mol. The first kappa shape index (κ1) is 17.5. The van der Waals surface area contributed by atoms with Gasteiger partial charge in [0.25, 0.3) is 0 Å². The molecule has 0 bridgehead atoms. The number of benzene rings is 3. The van der Waals surface area contributed by atoms with Crippen LogP contribution in [0.3, 0.4) is 0 Å². The zero-order chi connectivity index (χ0) is 19.0. The summed E-state index contributed by atoms with van der Waals surface area (Å²) in [6, 6.07) is 18.1. The van der Waals surface area contributed by atoms with Crippen LogP contribution in [0.5, 0.6) is 5.75 Å². The summed E-state index contributed by atoms with van der Waals surface area (Å²) in [6.45, 7) is 1.73. The molecule has 0 fully saturated rings. The minimum Gasteiger partial charge on any atom is -0.485 e. The Hall–Kier alpha value is -2.92. The SMILES string of the molecule is Cc1c(OCC(=O)c2ccc(Br)cc2)ccc2c1oc(=O)c1ccccc12. The van der Waals surface area contributed by atoms with Crippen molar-refractivity contribution in [3.05, 3.63) is 86.7 Å². The van der Waals surface area contributed by atoms with Crippen LogP contribution < -0.4 is 10.4 Å². The van der Waals surface area contributed by atoms with Crippen LogP contribution in [0.15, 0.2) is 74.3 Å². The van der Waals surface area contributed by atoms with E-state index in [1.54, 1.807) is 24.3 Å². The van der Waals surface area contributed by atoms with Gasteiger partial charge in [-0.2, -0.15) is 0 Å². The van der Waals surface area contributed by atoms with Crippen LogP contribution in [-0.4, -0.2) is 12.4 Å². The van der Waals surface area contributed by atoms with E-state index in [9.17, 15) is 9.59 Å². The number of halogens is 1. The first-order valence-electron chi connectivity index (χ1n) is 8.41. The van der Waals surface area contributed by atoms with Crippen LogP contribution in [-0.2, 0) is 0 Å². The fourth-order valence-electron chi connectivity index (χ4n) is 3.08. The molecule has 0 spiro atoms. The summed E-state index contributed by atoms with van der Waals surface area (Å²) >= 11 is 3.35. The van der Waals surface area contributed by atoms with Crippen LogP contribution in [0.4, 0.5) is 0 Å². The third kappa shape index (κ3) is 3.26. The van der Waals surface area contributed by atoms with E-state index in [-0.39, 0.29) is 18.0 Å². The van der Waals surface area contributed by atoms with Gasteiger partial charge in [0.15, 0.2) is 12.4 Å². The molecule has 0 aliphatic rings. The summed E-state index contributed by atoms with van der Waals surface area (Å²) in [5.74, 6) is 0.397. The predicted octanol–water partition coefficient (Wildman–Crippen LogP) is 5.28. The van der Waals surface area contributed by atoms with Crippen molar-refractivity contribution in [3.8, 4) is 5.75 Å². The van der Waals surface area contributed by atoms with E-state index >= 15 is 0 Å². The van der Waals surface area contributed by atoms with Crippen LogP contribution >= 0.6 is 15.9 Å². The molecule has 0 saturated carbocycles. The number of Topliss-reactive ketones (excluding diaryl/α,β-unsaturated/α-hetero) is 1. The molecule has 0 aliphatic heterocycles. The van der Waals surface area contributed by atoms with E-state index in [2.05, 4.69) is 15.9 Å². The molecule has 0 aliphatic carbocycles. The van der Waals surface area contributed by atoms with Gasteiger partial charge >= 0.3 is 5.63 Å². The van der Waals surface area contributed by atoms with Crippen molar-refractivity contribution in [1.82, 2.24) is 0 Å². The van der Waals surface area contributed by atoms with Gasteiger partial charge in [-0.25, -0.2) is 4.79 Å². The van der Waals surface area contributed by atoms with Crippen LogP contribution in [0, 0.1) is 6.92 Å². The molecule has 4 nitrogen and oxygen atoms in total. The second kappa shape index (κ2) is 7.00. The number of hydrogen-bond donors (Lipinski definition) is 0. The van der Waals surface area contributed by atoms with Gasteiger partial charge in [-0.3, -0.25) is 4.79 Å². The van der Waals surface area contributed by atoms with Crippen molar-refractivity contribution in [2.24, 2.45) is 0 Å². The Labute approximate surface area is 163 Å². The normalized spacial score (nSPS) is 11.0. The Morgan fingerprint density at radius 3 is 2.41 bits per heavy atom. The minimum atomic E-state index is -0.385. The van der Waals surface area contributed by atoms with Gasteiger partial charge in [0.1, 0.15) is 11.3 Å². The summed E-state index contributed by atoms with van der Waals surface area (Å²) in [5, 5.41) is 2.22. The molecule has 27 heavy (non-hydrogen) atoms. The molecule has 0 unspecified atom stereocenters. The number of aryl methyl sites for hydroxylation is 1. The van der Waals surface area contributed by atoms with E-state index in [0.717, 1.165) is 15.2 Å². The second-order valence-corrected chi connectivity index (χ2v) is 7.13. The molecular formula is C22H15BrO4. The van der Waals surface area contributed by atoms with Gasteiger partial charge in [0.05, 0.1) is 5.39 Å². The summed E-state index contributed by atoms with van der Waals surface area (Å²) in [4.78, 5) is 24.6. The number of ether oxygens (including phenoxy) is 1. The van der Waals surface area contributed by atoms with Crippen LogP contribution in [0.2, 0.25) is 0 Å². The molecule has 0 N–H and O–H groups in total. The molecule has 0 amide bonds. The average Bonchev–Trinajstić information content (AvgIpc) is 2.68. The number of carbonyl (C=O) groups excluding carboxylic acids is 1. The standard InChI is InChI=1S/C22H15BrO4/c1-13-20(26-12-19(24)14-6-8-15(23)9-7-14)11-10-17-16-4-2-3-5-18(16)22(25)27-21(13)17/h2-11H,12H2,1H3. The lowest BCUT2D eigenvalue weighted by atomic mass is 10.0. The first-order valence-corrected chi connectivity index (χ1v) is 9.20. The highest BCUT2D eigenvalue weighted by Gasteiger charge is 2.14. The summed E-state index contributed by atoms with van der Waals surface area (Å²) in [7, 11) is 0. The molecule has 4 aromatic rings. The zero-order valence-corrected chi connectivity index (χ0v) is 16.1. The third-order valence-corrected chi connectivity index (χ3v) is 5.04. The lowest BCUT2D eigenvalue weighted by Crippen LogP contribution is -2.12. The fourth-order valence-corrected chi connectivity index (χ4v) is 3.34. The van der Waals surface area contributed by atoms with Gasteiger partial charge in [-0.05, 0) is 42.6 Å². The zero-order valence-electron chi connectivity index (χ0n) is 14.5. The molecule has 3 aromatic carbocycles. The molecule has 1 aromatic heterocycles. The quantitative estimate of drug-likeness (QED) is 0.255. The fraction of sp³-hybridized carbons (Fsp3) is 0.0909. The molecule has 0 radical (unpaired) electrons. The Morgan fingerprint density at radius 1 is 0.963 bits per heavy atom. The maximum atomic E-state index is 12.3. The van der Waals surface area contributed by atoms with Crippen molar-refractivity contribution in [2.45, 2.75) is 6.92 Å². The number of hydrogen-bond acceptors (Lipinski definition) is 4. The topological polar surface area (TPSA) is 56.5 Å². The number of carbonyl (C=O) groups is 1.